The number of nitrogens with zero attached hydrogens (tertiary/aromatic N) is 3. The maximum absolute atomic E-state index is 13.4. The van der Waals surface area contributed by atoms with Gasteiger partial charge in [0.05, 0.1) is 20.9 Å². The number of benzene rings is 2. The summed E-state index contributed by atoms with van der Waals surface area (Å²) in [6.07, 6.45) is -0.0534. The summed E-state index contributed by atoms with van der Waals surface area (Å²) in [7, 11) is -3.46. The van der Waals surface area contributed by atoms with Gasteiger partial charge in [0, 0.05) is 45.7 Å². The monoisotopic (exact) mass is 490 g/mol. The second-order valence-corrected chi connectivity index (χ2v) is 11.3. The third-order valence-electron chi connectivity index (χ3n) is 5.71. The molecule has 2 aromatic carbocycles. The Morgan fingerprint density at radius 3 is 2.58 bits per heavy atom. The number of halogens is 1. The zero-order valence-electron chi connectivity index (χ0n) is 18.5. The highest BCUT2D eigenvalue weighted by Crippen LogP contribution is 2.29. The van der Waals surface area contributed by atoms with E-state index in [4.69, 9.17) is 0 Å². The average molecular weight is 491 g/mol. The lowest BCUT2D eigenvalue weighted by Crippen LogP contribution is -2.48. The predicted molar refractivity (Wildman–Crippen MR) is 129 cm³/mol. The summed E-state index contributed by atoms with van der Waals surface area (Å²) in [5.74, 6) is -0.713. The van der Waals surface area contributed by atoms with E-state index >= 15 is 0 Å². The summed E-state index contributed by atoms with van der Waals surface area (Å²) in [6, 6.07) is 11.3. The number of rotatable bonds is 8. The number of fused-ring (bicyclic) bond motifs is 1. The van der Waals surface area contributed by atoms with Crippen LogP contribution in [0.5, 0.6) is 0 Å². The molecule has 3 aromatic rings. The number of piperazine rings is 1. The molecule has 1 fully saturated rings. The minimum absolute atomic E-state index is 0.0534. The highest BCUT2D eigenvalue weighted by atomic mass is 32.2. The van der Waals surface area contributed by atoms with E-state index in [1.165, 1.54) is 23.5 Å². The van der Waals surface area contributed by atoms with Gasteiger partial charge in [-0.3, -0.25) is 9.69 Å². The molecule has 1 amide bonds. The van der Waals surface area contributed by atoms with E-state index in [0.29, 0.717) is 13.1 Å². The molecule has 1 N–H and O–H groups in total. The third-order valence-corrected chi connectivity index (χ3v) is 8.52. The van der Waals surface area contributed by atoms with Crippen LogP contribution in [0.3, 0.4) is 0 Å². The first-order chi connectivity index (χ1) is 15.8. The lowest BCUT2D eigenvalue weighted by molar-refractivity contribution is -0.120. The Kier molecular flexibility index (Phi) is 7.26. The molecule has 33 heavy (non-hydrogen) atoms. The fraction of sp³-hybridized carbons (Fsp3) is 0.391. The Balaban J connectivity index is 1.17. The number of nitrogens with one attached hydrogen (secondary N) is 1. The van der Waals surface area contributed by atoms with Crippen molar-refractivity contribution < 1.29 is 17.6 Å². The highest BCUT2D eigenvalue weighted by molar-refractivity contribution is 7.91. The van der Waals surface area contributed by atoms with Crippen molar-refractivity contribution in [2.75, 3.05) is 49.9 Å². The summed E-state index contributed by atoms with van der Waals surface area (Å²) in [5.41, 5.74) is 1.80. The summed E-state index contributed by atoms with van der Waals surface area (Å²) in [4.78, 5) is 21.4. The first kappa shape index (κ1) is 23.6. The normalized spacial score (nSPS) is 15.2. The number of aromatic nitrogens is 1. The number of thiazole rings is 1. The van der Waals surface area contributed by atoms with Gasteiger partial charge in [0.15, 0.2) is 15.0 Å². The minimum Gasteiger partial charge on any atom is -0.355 e. The molecule has 0 bridgehead atoms. The van der Waals surface area contributed by atoms with Crippen molar-refractivity contribution in [1.82, 2.24) is 15.2 Å². The molecule has 0 atom stereocenters. The van der Waals surface area contributed by atoms with Gasteiger partial charge in [-0.2, -0.15) is 0 Å². The van der Waals surface area contributed by atoms with Crippen molar-refractivity contribution in [3.05, 3.63) is 53.8 Å². The Morgan fingerprint density at radius 1 is 1.12 bits per heavy atom. The van der Waals surface area contributed by atoms with Crippen molar-refractivity contribution in [3.63, 3.8) is 0 Å². The van der Waals surface area contributed by atoms with Gasteiger partial charge in [0.1, 0.15) is 5.82 Å². The first-order valence-electron chi connectivity index (χ1n) is 10.9. The van der Waals surface area contributed by atoms with Gasteiger partial charge in [-0.05, 0) is 37.3 Å². The fourth-order valence-electron chi connectivity index (χ4n) is 3.72. The third kappa shape index (κ3) is 6.07. The lowest BCUT2D eigenvalue weighted by Gasteiger charge is -2.34. The van der Waals surface area contributed by atoms with Crippen LogP contribution in [0, 0.1) is 12.7 Å². The van der Waals surface area contributed by atoms with Crippen molar-refractivity contribution in [2.24, 2.45) is 0 Å². The van der Waals surface area contributed by atoms with Gasteiger partial charge < -0.3 is 10.2 Å². The number of hydrogen-bond donors (Lipinski definition) is 1. The highest BCUT2D eigenvalue weighted by Gasteiger charge is 2.20. The number of amides is 1. The van der Waals surface area contributed by atoms with Crippen LogP contribution < -0.4 is 10.2 Å². The molecule has 7 nitrogen and oxygen atoms in total. The number of sulfone groups is 1. The van der Waals surface area contributed by atoms with E-state index in [0.717, 1.165) is 47.1 Å². The molecule has 1 aromatic heterocycles. The zero-order valence-corrected chi connectivity index (χ0v) is 20.1. The molecule has 10 heteroatoms. The second-order valence-electron chi connectivity index (χ2n) is 8.17. The number of carbonyl (C=O) groups excluding carboxylic acids is 1. The summed E-state index contributed by atoms with van der Waals surface area (Å²) in [5, 5.41) is 3.73. The van der Waals surface area contributed by atoms with Crippen molar-refractivity contribution in [3.8, 4) is 0 Å². The van der Waals surface area contributed by atoms with Gasteiger partial charge in [0.2, 0.25) is 5.91 Å². The van der Waals surface area contributed by atoms with E-state index in [-0.39, 0.29) is 28.8 Å². The number of hydrogen-bond acceptors (Lipinski definition) is 7. The van der Waals surface area contributed by atoms with E-state index < -0.39 is 9.84 Å². The van der Waals surface area contributed by atoms with Crippen molar-refractivity contribution >= 4 is 42.4 Å². The Morgan fingerprint density at radius 2 is 1.85 bits per heavy atom. The molecule has 1 saturated heterocycles. The smallest absolute Gasteiger partial charge is 0.221 e. The lowest BCUT2D eigenvalue weighted by atomic mass is 10.2. The van der Waals surface area contributed by atoms with Crippen molar-refractivity contribution in [1.29, 1.82) is 0 Å². The van der Waals surface area contributed by atoms with Gasteiger partial charge in [0.25, 0.3) is 0 Å². The van der Waals surface area contributed by atoms with Crippen LogP contribution in [0.15, 0.2) is 47.4 Å². The molecule has 176 valence electrons. The van der Waals surface area contributed by atoms with Crippen LogP contribution in [0.1, 0.15) is 12.0 Å². The fourth-order valence-corrected chi connectivity index (χ4v) is 6.00. The number of anilines is 1. The molecule has 1 aliphatic heterocycles. The maximum atomic E-state index is 13.4. The van der Waals surface area contributed by atoms with Gasteiger partial charge in [-0.25, -0.2) is 17.8 Å². The van der Waals surface area contributed by atoms with E-state index in [9.17, 15) is 17.6 Å². The molecular weight excluding hydrogens is 463 g/mol. The molecule has 2 heterocycles. The van der Waals surface area contributed by atoms with Crippen LogP contribution in [0.2, 0.25) is 0 Å². The van der Waals surface area contributed by atoms with Crippen LogP contribution in [0.4, 0.5) is 9.52 Å². The van der Waals surface area contributed by atoms with Crippen molar-refractivity contribution in [2.45, 2.75) is 18.2 Å². The molecule has 0 saturated carbocycles. The van der Waals surface area contributed by atoms with Crippen LogP contribution in [0.25, 0.3) is 10.2 Å². The van der Waals surface area contributed by atoms with Gasteiger partial charge in [-0.15, -0.1) is 0 Å². The predicted octanol–water partition coefficient (Wildman–Crippen LogP) is 2.85. The average Bonchev–Trinajstić information content (AvgIpc) is 3.22. The topological polar surface area (TPSA) is 82.6 Å². The first-order valence-corrected chi connectivity index (χ1v) is 13.4. The molecule has 4 rings (SSSR count). The Hall–Kier alpha value is -2.56. The summed E-state index contributed by atoms with van der Waals surface area (Å²) < 4.78 is 39.0. The van der Waals surface area contributed by atoms with Gasteiger partial charge in [-0.1, -0.05) is 29.0 Å². The molecule has 1 aliphatic rings. The summed E-state index contributed by atoms with van der Waals surface area (Å²) in [6.45, 7) is 6.37. The Labute approximate surface area is 197 Å². The molecular formula is C23H27FN4O3S2. The molecule has 0 unspecified atom stereocenters. The van der Waals surface area contributed by atoms with E-state index in [1.807, 2.05) is 6.92 Å². The second kappa shape index (κ2) is 10.1. The van der Waals surface area contributed by atoms with Crippen LogP contribution in [-0.4, -0.2) is 69.2 Å². The maximum Gasteiger partial charge on any atom is 0.221 e. The molecule has 0 spiro atoms. The summed E-state index contributed by atoms with van der Waals surface area (Å²) >= 11 is 1.50. The van der Waals surface area contributed by atoms with E-state index in [2.05, 4.69) is 20.1 Å². The van der Waals surface area contributed by atoms with Gasteiger partial charge >= 0.3 is 0 Å². The quantitative estimate of drug-likeness (QED) is 0.523. The van der Waals surface area contributed by atoms with Crippen LogP contribution in [-0.2, 0) is 14.6 Å². The molecule has 0 radical (unpaired) electrons. The largest absolute Gasteiger partial charge is 0.355 e. The van der Waals surface area contributed by atoms with Crippen LogP contribution >= 0.6 is 11.3 Å². The Bertz CT molecular complexity index is 1220. The number of aryl methyl sites for hydroxylation is 1. The zero-order chi connectivity index (χ0) is 23.4. The minimum atomic E-state index is -3.46. The SMILES string of the molecule is Cc1ccc(S(=O)(=O)CCC(=O)NCCN2CCN(c3nc4ccc(F)cc4s3)CC2)cc1. The number of carbonyl (C=O) groups is 1. The van der Waals surface area contributed by atoms with E-state index in [1.54, 1.807) is 30.3 Å². The standard InChI is InChI=1S/C23H27FN4O3S2/c1-17-2-5-19(6-3-17)33(30,31)15-8-22(29)25-9-10-27-11-13-28(14-12-27)23-26-20-7-4-18(24)16-21(20)32-23/h2-7,16H,8-15H2,1H3,(H,25,29). The molecule has 0 aliphatic carbocycles.